The molecule has 0 aliphatic heterocycles. The molecule has 2 nitrogen and oxygen atoms in total. The van der Waals surface area contributed by atoms with Crippen molar-refractivity contribution in [3.05, 3.63) is 66.0 Å². The van der Waals surface area contributed by atoms with Gasteiger partial charge in [0.1, 0.15) is 5.82 Å². The Labute approximate surface area is 113 Å². The summed E-state index contributed by atoms with van der Waals surface area (Å²) in [5, 5.41) is -0.659. The zero-order valence-corrected chi connectivity index (χ0v) is 11.2. The first-order valence-corrected chi connectivity index (χ1v) is 7.06. The molecule has 0 radical (unpaired) electrons. The molecule has 2 rings (SSSR count). The van der Waals surface area contributed by atoms with Crippen LogP contribution >= 0.6 is 0 Å². The number of ketones is 1. The predicted molar refractivity (Wildman–Crippen MR) is 73.0 cm³/mol. The second-order valence-corrected chi connectivity index (χ2v) is 5.90. The largest absolute Gasteiger partial charge is 0.293 e. The normalized spacial score (nSPS) is 13.8. The minimum absolute atomic E-state index is 0.178. The number of benzene rings is 2. The quantitative estimate of drug-likeness (QED) is 0.804. The highest BCUT2D eigenvalue weighted by molar-refractivity contribution is 7.86. The minimum Gasteiger partial charge on any atom is -0.293 e. The zero-order valence-electron chi connectivity index (χ0n) is 10.4. The van der Waals surface area contributed by atoms with E-state index in [9.17, 15) is 13.4 Å². The molecule has 0 amide bonds. The summed E-state index contributed by atoms with van der Waals surface area (Å²) in [7, 11) is -1.48. The van der Waals surface area contributed by atoms with E-state index in [0.29, 0.717) is 10.5 Å². The first-order valence-electron chi connectivity index (χ1n) is 5.85. The van der Waals surface area contributed by atoms with Gasteiger partial charge in [-0.1, -0.05) is 30.3 Å². The summed E-state index contributed by atoms with van der Waals surface area (Å²) >= 11 is 0. The third-order valence-corrected chi connectivity index (χ3v) is 4.39. The summed E-state index contributed by atoms with van der Waals surface area (Å²) in [6, 6.07) is 14.1. The van der Waals surface area contributed by atoms with E-state index in [0.717, 1.165) is 0 Å². The maximum absolute atomic E-state index is 12.8. The molecule has 0 N–H and O–H groups in total. The summed E-state index contributed by atoms with van der Waals surface area (Å²) in [5.41, 5.74) is 0.533. The lowest BCUT2D eigenvalue weighted by Gasteiger charge is -2.10. The number of hydrogen-bond donors (Lipinski definition) is 0. The van der Waals surface area contributed by atoms with Gasteiger partial charge in [-0.15, -0.1) is 0 Å². The van der Waals surface area contributed by atoms with Crippen LogP contribution in [0.3, 0.4) is 0 Å². The Morgan fingerprint density at radius 1 is 1.05 bits per heavy atom. The minimum atomic E-state index is -1.48. The van der Waals surface area contributed by atoms with Crippen molar-refractivity contribution in [1.29, 1.82) is 0 Å². The zero-order chi connectivity index (χ0) is 13.8. The van der Waals surface area contributed by atoms with Gasteiger partial charge in [-0.25, -0.2) is 4.39 Å². The maximum Gasteiger partial charge on any atom is 0.178 e. The third-order valence-electron chi connectivity index (χ3n) is 2.79. The smallest absolute Gasteiger partial charge is 0.178 e. The summed E-state index contributed by atoms with van der Waals surface area (Å²) in [6.07, 6.45) is 0. The summed E-state index contributed by atoms with van der Waals surface area (Å²) < 4.78 is 25.0. The van der Waals surface area contributed by atoms with Crippen molar-refractivity contribution in [3.8, 4) is 0 Å². The molecule has 0 saturated heterocycles. The van der Waals surface area contributed by atoms with E-state index >= 15 is 0 Å². The van der Waals surface area contributed by atoms with Gasteiger partial charge in [0.05, 0.1) is 16.0 Å². The van der Waals surface area contributed by atoms with Crippen LogP contribution in [0.2, 0.25) is 0 Å². The summed E-state index contributed by atoms with van der Waals surface area (Å²) in [6.45, 7) is 1.62. The molecule has 4 heteroatoms. The van der Waals surface area contributed by atoms with E-state index in [4.69, 9.17) is 0 Å². The lowest BCUT2D eigenvalue weighted by Crippen LogP contribution is -2.22. The van der Waals surface area contributed by atoms with Crippen LogP contribution in [0.4, 0.5) is 4.39 Å². The molecule has 19 heavy (non-hydrogen) atoms. The first kappa shape index (κ1) is 13.6. The number of carbonyl (C=O) groups is 1. The number of rotatable bonds is 4. The fourth-order valence-electron chi connectivity index (χ4n) is 1.71. The summed E-state index contributed by atoms with van der Waals surface area (Å²) in [5.74, 6) is -0.564. The number of Topliss-reactive ketones (excluding diaryl/α,β-unsaturated/α-hetero) is 1. The number of hydrogen-bond acceptors (Lipinski definition) is 2. The molecule has 0 aromatic heterocycles. The van der Waals surface area contributed by atoms with Crippen molar-refractivity contribution >= 4 is 16.6 Å². The molecule has 0 heterocycles. The molecular weight excluding hydrogens is 263 g/mol. The second kappa shape index (κ2) is 5.89. The molecular formula is C15H13FO2S. The Morgan fingerprint density at radius 2 is 1.63 bits per heavy atom. The van der Waals surface area contributed by atoms with Crippen LogP contribution in [0.15, 0.2) is 59.5 Å². The highest BCUT2D eigenvalue weighted by atomic mass is 32.2. The lowest BCUT2D eigenvalue weighted by molar-refractivity contribution is 0.0992. The standard InChI is InChI=1S/C15H13FO2S/c1-11(15(17)12-5-3-2-4-6-12)19(18)14-9-7-13(16)8-10-14/h2-11H,1H3. The molecule has 2 aromatic rings. The van der Waals surface area contributed by atoms with E-state index in [1.165, 1.54) is 24.3 Å². The van der Waals surface area contributed by atoms with Gasteiger partial charge in [0.2, 0.25) is 0 Å². The van der Waals surface area contributed by atoms with E-state index < -0.39 is 16.0 Å². The summed E-state index contributed by atoms with van der Waals surface area (Å²) in [4.78, 5) is 12.6. The molecule has 98 valence electrons. The Morgan fingerprint density at radius 3 is 2.21 bits per heavy atom. The fraction of sp³-hybridized carbons (Fsp3) is 0.133. The first-order chi connectivity index (χ1) is 9.09. The van der Waals surface area contributed by atoms with E-state index in [1.807, 2.05) is 6.07 Å². The third kappa shape index (κ3) is 3.15. The van der Waals surface area contributed by atoms with Gasteiger partial charge >= 0.3 is 0 Å². The molecule has 0 bridgehead atoms. The van der Waals surface area contributed by atoms with Crippen LogP contribution in [-0.4, -0.2) is 15.2 Å². The van der Waals surface area contributed by atoms with Crippen molar-refractivity contribution in [1.82, 2.24) is 0 Å². The Balaban J connectivity index is 2.20. The van der Waals surface area contributed by atoms with Gasteiger partial charge in [0.25, 0.3) is 0 Å². The van der Waals surface area contributed by atoms with Gasteiger partial charge in [0.15, 0.2) is 5.78 Å². The Bertz CT molecular complexity index is 593. The molecule has 2 unspecified atom stereocenters. The molecule has 0 saturated carbocycles. The van der Waals surface area contributed by atoms with Crippen LogP contribution in [0, 0.1) is 5.82 Å². The van der Waals surface area contributed by atoms with Crippen molar-refractivity contribution in [3.63, 3.8) is 0 Å². The highest BCUT2D eigenvalue weighted by Crippen LogP contribution is 2.16. The van der Waals surface area contributed by atoms with Crippen LogP contribution in [-0.2, 0) is 10.8 Å². The second-order valence-electron chi connectivity index (χ2n) is 4.12. The average Bonchev–Trinajstić information content (AvgIpc) is 2.46. The highest BCUT2D eigenvalue weighted by Gasteiger charge is 2.22. The van der Waals surface area contributed by atoms with Crippen LogP contribution < -0.4 is 0 Å². The van der Waals surface area contributed by atoms with E-state index in [-0.39, 0.29) is 11.6 Å². The van der Waals surface area contributed by atoms with Gasteiger partial charge in [-0.2, -0.15) is 0 Å². The van der Waals surface area contributed by atoms with Crippen LogP contribution in [0.25, 0.3) is 0 Å². The average molecular weight is 276 g/mol. The Hall–Kier alpha value is -1.81. The number of halogens is 1. The molecule has 2 atom stereocenters. The van der Waals surface area contributed by atoms with Crippen molar-refractivity contribution < 1.29 is 13.4 Å². The Kier molecular flexibility index (Phi) is 4.22. The predicted octanol–water partition coefficient (Wildman–Crippen LogP) is 3.20. The molecule has 0 fully saturated rings. The van der Waals surface area contributed by atoms with E-state index in [1.54, 1.807) is 31.2 Å². The lowest BCUT2D eigenvalue weighted by atomic mass is 10.1. The monoisotopic (exact) mass is 276 g/mol. The van der Waals surface area contributed by atoms with Gasteiger partial charge in [-0.05, 0) is 31.2 Å². The SMILES string of the molecule is CC(C(=O)c1ccccc1)S(=O)c1ccc(F)cc1. The van der Waals surface area contributed by atoms with E-state index in [2.05, 4.69) is 0 Å². The van der Waals surface area contributed by atoms with Crippen LogP contribution in [0.5, 0.6) is 0 Å². The van der Waals surface area contributed by atoms with Crippen molar-refractivity contribution in [2.24, 2.45) is 0 Å². The topological polar surface area (TPSA) is 34.1 Å². The van der Waals surface area contributed by atoms with Gasteiger partial charge in [0, 0.05) is 10.5 Å². The maximum atomic E-state index is 12.8. The van der Waals surface area contributed by atoms with Gasteiger partial charge < -0.3 is 0 Å². The van der Waals surface area contributed by atoms with Gasteiger partial charge in [-0.3, -0.25) is 9.00 Å². The number of carbonyl (C=O) groups excluding carboxylic acids is 1. The molecule has 0 spiro atoms. The molecule has 0 aliphatic carbocycles. The molecule has 0 aliphatic rings. The van der Waals surface area contributed by atoms with Crippen LogP contribution in [0.1, 0.15) is 17.3 Å². The van der Waals surface area contributed by atoms with Crippen molar-refractivity contribution in [2.45, 2.75) is 17.1 Å². The fourth-order valence-corrected chi connectivity index (χ4v) is 2.85. The van der Waals surface area contributed by atoms with Crippen molar-refractivity contribution in [2.75, 3.05) is 0 Å². The molecule has 2 aromatic carbocycles.